The second kappa shape index (κ2) is 35.2. The van der Waals surface area contributed by atoms with Gasteiger partial charge in [0.2, 0.25) is 59.1 Å². The van der Waals surface area contributed by atoms with Gasteiger partial charge in [0.1, 0.15) is 54.0 Å². The number of aliphatic hydroxyl groups excluding tert-OH is 4. The van der Waals surface area contributed by atoms with Crippen molar-refractivity contribution in [3.63, 3.8) is 0 Å². The summed E-state index contributed by atoms with van der Waals surface area (Å²) in [5, 5.41) is 66.2. The third-order valence-corrected chi connectivity index (χ3v) is 16.0. The predicted molar refractivity (Wildman–Crippen MR) is 310 cm³/mol. The third kappa shape index (κ3) is 20.6. The molecular formula is C58H90N12O16. The molecule has 28 nitrogen and oxygen atoms in total. The first-order valence-electron chi connectivity index (χ1n) is 29.8. The van der Waals surface area contributed by atoms with E-state index in [9.17, 15) is 78.0 Å². The van der Waals surface area contributed by atoms with Crippen LogP contribution < -0.4 is 53.6 Å². The van der Waals surface area contributed by atoms with E-state index in [4.69, 9.17) is 5.73 Å². The summed E-state index contributed by atoms with van der Waals surface area (Å²) in [5.74, 6) is -12.4. The molecule has 13 atom stereocenters. The molecule has 3 saturated heterocycles. The van der Waals surface area contributed by atoms with Crippen LogP contribution in [0.25, 0.3) is 0 Å². The van der Waals surface area contributed by atoms with Gasteiger partial charge < -0.3 is 83.8 Å². The standard InChI is InChI=1S/C58H90N12O16/c1-7-11-13-20-35(73)28-38-48(76)57(85)62-37(23-24-44(59)74)49(77)60-29-45(75)69-25-16-21-42(69)54(82)64-39(27-34-18-14-12-15-19-34)51(79)67-46(32(5)8-2)56(84)66-40(30-71)52(80)61-36(10-4)50(78)65-41(31-72)53(81)68-47(33(6)9-3)58(86)70-26-17-22-43(70)55(83)63-38/h10,12,14-15,18-19,32-33,35,37-43,46-48,71-73,76H,7-9,11,13,16-17,20-31H2,1-6H3,(H2,59,74)(H,60,77)(H,61,80)(H,62,85)(H,63,83)(H,64,82)(H,65,78)(H,66,84)(H,67,79)(H,68,81). The minimum atomic E-state index is -2.17. The minimum Gasteiger partial charge on any atom is -0.394 e. The SMILES string of the molecule is CC=C1NC(=O)C(CO)NC(=O)C(C(C)CC)NC(=O)C(Cc2ccccc2)NC(=O)C2CCCN2C(=O)CNC(=O)C(CCC(N)=O)NC(=O)C(O)C(CC(O)CCCCC)NC(=O)C2CCCN2C(=O)C(C(C)CC)NC(=O)C(CO)NC1=O. The molecule has 3 aliphatic rings. The van der Waals surface area contributed by atoms with Crippen molar-refractivity contribution in [1.82, 2.24) is 57.7 Å². The van der Waals surface area contributed by atoms with Crippen molar-refractivity contribution in [2.24, 2.45) is 17.6 Å². The summed E-state index contributed by atoms with van der Waals surface area (Å²) < 4.78 is 0. The number of nitrogens with zero attached hydrogens (tertiary/aromatic N) is 2. The van der Waals surface area contributed by atoms with Crippen LogP contribution in [0.5, 0.6) is 0 Å². The molecule has 1 aromatic carbocycles. The highest BCUT2D eigenvalue weighted by Crippen LogP contribution is 2.24. The van der Waals surface area contributed by atoms with Crippen LogP contribution in [0.2, 0.25) is 0 Å². The van der Waals surface area contributed by atoms with Gasteiger partial charge in [-0.3, -0.25) is 57.5 Å². The number of unbranched alkanes of at least 4 members (excludes halogenated alkanes) is 2. The number of primary amides is 1. The van der Waals surface area contributed by atoms with Crippen LogP contribution in [0.15, 0.2) is 42.1 Å². The van der Waals surface area contributed by atoms with E-state index in [2.05, 4.69) is 47.9 Å². The Labute approximate surface area is 501 Å². The smallest absolute Gasteiger partial charge is 0.268 e. The van der Waals surface area contributed by atoms with Crippen LogP contribution in [-0.2, 0) is 64.0 Å². The lowest BCUT2D eigenvalue weighted by Gasteiger charge is -2.33. The van der Waals surface area contributed by atoms with Crippen molar-refractivity contribution in [3.8, 4) is 0 Å². The van der Waals surface area contributed by atoms with Gasteiger partial charge in [-0.1, -0.05) is 103 Å². The van der Waals surface area contributed by atoms with Crippen molar-refractivity contribution in [2.75, 3.05) is 32.8 Å². The molecule has 13 unspecified atom stereocenters. The summed E-state index contributed by atoms with van der Waals surface area (Å²) in [5.41, 5.74) is 5.54. The Morgan fingerprint density at radius 1 is 0.663 bits per heavy atom. The summed E-state index contributed by atoms with van der Waals surface area (Å²) in [6, 6.07) is -4.61. The van der Waals surface area contributed by atoms with Crippen LogP contribution in [0.1, 0.15) is 131 Å². The maximum atomic E-state index is 14.6. The highest BCUT2D eigenvalue weighted by atomic mass is 16.3. The van der Waals surface area contributed by atoms with Crippen molar-refractivity contribution in [1.29, 1.82) is 0 Å². The number of rotatable bonds is 17. The maximum absolute atomic E-state index is 14.6. The van der Waals surface area contributed by atoms with Gasteiger partial charge in [-0.2, -0.15) is 0 Å². The average Bonchev–Trinajstić information content (AvgIpc) is 2.99. The van der Waals surface area contributed by atoms with Gasteiger partial charge in [-0.25, -0.2) is 0 Å². The van der Waals surface area contributed by atoms with Crippen molar-refractivity contribution < 1.29 is 78.0 Å². The molecule has 3 fully saturated rings. The Kier molecular flexibility index (Phi) is 29.0. The van der Waals surface area contributed by atoms with E-state index in [1.54, 1.807) is 58.0 Å². The summed E-state index contributed by atoms with van der Waals surface area (Å²) in [7, 11) is 0. The number of aliphatic hydroxyl groups is 4. The van der Waals surface area contributed by atoms with E-state index in [0.29, 0.717) is 37.7 Å². The topological polar surface area (TPSA) is 427 Å². The molecule has 4 rings (SSSR count). The molecule has 0 bridgehead atoms. The van der Waals surface area contributed by atoms with Crippen molar-refractivity contribution in [3.05, 3.63) is 47.7 Å². The quantitative estimate of drug-likeness (QED) is 0.0539. The zero-order valence-electron chi connectivity index (χ0n) is 50.1. The zero-order valence-corrected chi connectivity index (χ0v) is 50.1. The molecule has 28 heteroatoms. The zero-order chi connectivity index (χ0) is 63.8. The summed E-state index contributed by atoms with van der Waals surface area (Å²) in [6.45, 7) is 7.36. The molecule has 86 heavy (non-hydrogen) atoms. The van der Waals surface area contributed by atoms with Crippen LogP contribution in [0, 0.1) is 11.8 Å². The van der Waals surface area contributed by atoms with E-state index < -0.39 is 188 Å². The number of nitrogens with one attached hydrogen (secondary N) is 9. The lowest BCUT2D eigenvalue weighted by molar-refractivity contribution is -0.144. The van der Waals surface area contributed by atoms with Gasteiger partial charge in [0.15, 0.2) is 6.10 Å². The predicted octanol–water partition coefficient (Wildman–Crippen LogP) is -3.21. The number of carbonyl (C=O) groups excluding carboxylic acids is 12. The Morgan fingerprint density at radius 3 is 1.83 bits per heavy atom. The fourth-order valence-corrected chi connectivity index (χ4v) is 10.4. The van der Waals surface area contributed by atoms with E-state index in [0.717, 1.165) is 18.9 Å². The lowest BCUT2D eigenvalue weighted by atomic mass is 9.96. The lowest BCUT2D eigenvalue weighted by Crippen LogP contribution is -2.61. The number of amides is 12. The van der Waals surface area contributed by atoms with E-state index in [1.165, 1.54) is 16.7 Å². The number of nitrogens with two attached hydrogens (primary N) is 1. The van der Waals surface area contributed by atoms with Crippen LogP contribution in [0.4, 0.5) is 0 Å². The number of allylic oxidation sites excluding steroid dienone is 1. The van der Waals surface area contributed by atoms with Crippen molar-refractivity contribution in [2.45, 2.75) is 198 Å². The molecule has 478 valence electrons. The molecule has 0 radical (unpaired) electrons. The second-order valence-corrected chi connectivity index (χ2v) is 22.3. The van der Waals surface area contributed by atoms with Gasteiger partial charge in [-0.15, -0.1) is 0 Å². The number of hydrogen-bond acceptors (Lipinski definition) is 16. The van der Waals surface area contributed by atoms with Gasteiger partial charge in [-0.05, 0) is 69.3 Å². The number of fused-ring (bicyclic) bond motifs is 2. The molecule has 0 saturated carbocycles. The Bertz CT molecular complexity index is 2570. The van der Waals surface area contributed by atoms with E-state index >= 15 is 0 Å². The first kappa shape index (κ1) is 70.9. The summed E-state index contributed by atoms with van der Waals surface area (Å²) in [4.78, 5) is 169. The maximum Gasteiger partial charge on any atom is 0.268 e. The normalized spacial score (nSPS) is 27.7. The summed E-state index contributed by atoms with van der Waals surface area (Å²) in [6.07, 6.45) is 0.188. The second-order valence-electron chi connectivity index (χ2n) is 22.3. The van der Waals surface area contributed by atoms with Gasteiger partial charge in [0, 0.05) is 25.9 Å². The average molecular weight is 1210 g/mol. The Hall–Kier alpha value is -7.56. The van der Waals surface area contributed by atoms with Gasteiger partial charge in [0.25, 0.3) is 11.8 Å². The number of hydrogen-bond donors (Lipinski definition) is 14. The van der Waals surface area contributed by atoms with Crippen LogP contribution in [-0.4, -0.2) is 201 Å². The van der Waals surface area contributed by atoms with Crippen LogP contribution >= 0.6 is 0 Å². The molecule has 3 heterocycles. The van der Waals surface area contributed by atoms with Gasteiger partial charge in [0.05, 0.1) is 31.9 Å². The Balaban J connectivity index is 1.77. The van der Waals surface area contributed by atoms with Crippen LogP contribution in [0.3, 0.4) is 0 Å². The molecule has 15 N–H and O–H groups in total. The largest absolute Gasteiger partial charge is 0.394 e. The molecule has 0 spiro atoms. The van der Waals surface area contributed by atoms with E-state index in [-0.39, 0.29) is 45.2 Å². The monoisotopic (exact) mass is 1210 g/mol. The molecule has 1 aromatic rings. The first-order chi connectivity index (χ1) is 40.9. The Morgan fingerprint density at radius 2 is 1.22 bits per heavy atom. The van der Waals surface area contributed by atoms with E-state index in [1.807, 2.05) is 6.92 Å². The highest BCUT2D eigenvalue weighted by Gasteiger charge is 2.43. The molecule has 0 aliphatic carbocycles. The first-order valence-corrected chi connectivity index (χ1v) is 29.8. The molecule has 12 amide bonds. The molecular weight excluding hydrogens is 1120 g/mol. The van der Waals surface area contributed by atoms with Crippen molar-refractivity contribution >= 4 is 70.9 Å². The summed E-state index contributed by atoms with van der Waals surface area (Å²) >= 11 is 0. The fourth-order valence-electron chi connectivity index (χ4n) is 10.4. The highest BCUT2D eigenvalue weighted by molar-refractivity contribution is 6.03. The number of benzene rings is 1. The number of carbonyl (C=O) groups is 12. The molecule has 0 aromatic heterocycles. The minimum absolute atomic E-state index is 0.0137. The van der Waals surface area contributed by atoms with Gasteiger partial charge >= 0.3 is 0 Å². The third-order valence-electron chi connectivity index (χ3n) is 16.0. The molecule has 3 aliphatic heterocycles. The fraction of sp³-hybridized carbons (Fsp3) is 0.655.